The van der Waals surface area contributed by atoms with Gasteiger partial charge in [0, 0.05) is 31.1 Å². The third-order valence-electron chi connectivity index (χ3n) is 6.88. The summed E-state index contributed by atoms with van der Waals surface area (Å²) < 4.78 is 11.2. The van der Waals surface area contributed by atoms with Crippen molar-refractivity contribution in [2.45, 2.75) is 63.4 Å². The lowest BCUT2D eigenvalue weighted by Gasteiger charge is -2.58. The van der Waals surface area contributed by atoms with E-state index in [9.17, 15) is 4.79 Å². The summed E-state index contributed by atoms with van der Waals surface area (Å²) in [7, 11) is 1.80. The molecule has 0 atom stereocenters. The Morgan fingerprint density at radius 1 is 1.15 bits per heavy atom. The van der Waals surface area contributed by atoms with Gasteiger partial charge in [-0.15, -0.1) is 0 Å². The minimum Gasteiger partial charge on any atom is -0.465 e. The maximum Gasteiger partial charge on any atom is 0.316 e. The van der Waals surface area contributed by atoms with E-state index in [0.717, 1.165) is 55.0 Å². The van der Waals surface area contributed by atoms with Crippen LogP contribution in [0.2, 0.25) is 0 Å². The first-order valence-corrected chi connectivity index (χ1v) is 9.88. The van der Waals surface area contributed by atoms with Gasteiger partial charge in [0.25, 0.3) is 0 Å². The monoisotopic (exact) mass is 368 g/mol. The molecule has 2 fully saturated rings. The second-order valence-corrected chi connectivity index (χ2v) is 8.56. The quantitative estimate of drug-likeness (QED) is 0.757. The average Bonchev–Trinajstić information content (AvgIpc) is 2.67. The van der Waals surface area contributed by atoms with Crippen LogP contribution in [0.25, 0.3) is 10.9 Å². The Labute approximate surface area is 160 Å². The number of aromatic nitrogens is 2. The van der Waals surface area contributed by atoms with Crippen molar-refractivity contribution in [1.82, 2.24) is 9.97 Å². The SMILES string of the molecule is CCOC(=O)C1(c2ccnc3ccncc23)CCC2(CC1)CC(C)(OC)C2. The fourth-order valence-corrected chi connectivity index (χ4v) is 5.50. The molecule has 0 aliphatic heterocycles. The van der Waals surface area contributed by atoms with Crippen molar-refractivity contribution >= 4 is 16.9 Å². The van der Waals surface area contributed by atoms with Gasteiger partial charge in [0.1, 0.15) is 0 Å². The van der Waals surface area contributed by atoms with Crippen molar-refractivity contribution in [2.24, 2.45) is 5.41 Å². The van der Waals surface area contributed by atoms with E-state index in [2.05, 4.69) is 16.9 Å². The highest BCUT2D eigenvalue weighted by Gasteiger charge is 2.57. The normalized spacial score (nSPS) is 33.0. The topological polar surface area (TPSA) is 61.3 Å². The standard InChI is InChI=1S/C22H28N2O3/c1-4-27-19(25)22(17-5-12-24-18-6-11-23-13-16(17)18)9-7-21(8-10-22)14-20(2,15-21)26-3/h5-6,11-13H,4,7-10,14-15H2,1-3H3. The lowest BCUT2D eigenvalue weighted by atomic mass is 9.50. The highest BCUT2D eigenvalue weighted by atomic mass is 16.5. The third-order valence-corrected chi connectivity index (χ3v) is 6.88. The summed E-state index contributed by atoms with van der Waals surface area (Å²) >= 11 is 0. The lowest BCUT2D eigenvalue weighted by molar-refractivity contribution is -0.168. The molecule has 5 nitrogen and oxygen atoms in total. The molecule has 0 aromatic carbocycles. The zero-order valence-electron chi connectivity index (χ0n) is 16.5. The van der Waals surface area contributed by atoms with Gasteiger partial charge in [-0.3, -0.25) is 14.8 Å². The predicted molar refractivity (Wildman–Crippen MR) is 103 cm³/mol. The van der Waals surface area contributed by atoms with Gasteiger partial charge in [0.2, 0.25) is 0 Å². The summed E-state index contributed by atoms with van der Waals surface area (Å²) in [6.45, 7) is 4.46. The number of pyridine rings is 2. The van der Waals surface area contributed by atoms with Crippen LogP contribution in [0.15, 0.2) is 30.7 Å². The van der Waals surface area contributed by atoms with Gasteiger partial charge in [0.05, 0.1) is 23.1 Å². The van der Waals surface area contributed by atoms with Crippen molar-refractivity contribution in [1.29, 1.82) is 0 Å². The summed E-state index contributed by atoms with van der Waals surface area (Å²) in [5, 5.41) is 0.958. The highest BCUT2D eigenvalue weighted by molar-refractivity contribution is 5.91. The first kappa shape index (κ1) is 18.4. The number of hydrogen-bond acceptors (Lipinski definition) is 5. The van der Waals surface area contributed by atoms with E-state index >= 15 is 0 Å². The van der Waals surface area contributed by atoms with Crippen LogP contribution >= 0.6 is 0 Å². The fourth-order valence-electron chi connectivity index (χ4n) is 5.50. The zero-order chi connectivity index (χ0) is 19.1. The molecule has 5 heteroatoms. The number of hydrogen-bond donors (Lipinski definition) is 0. The Morgan fingerprint density at radius 2 is 1.89 bits per heavy atom. The Morgan fingerprint density at radius 3 is 2.56 bits per heavy atom. The molecule has 0 saturated heterocycles. The summed E-state index contributed by atoms with van der Waals surface area (Å²) in [4.78, 5) is 21.9. The Bertz CT molecular complexity index is 842. The largest absolute Gasteiger partial charge is 0.465 e. The van der Waals surface area contributed by atoms with Gasteiger partial charge >= 0.3 is 5.97 Å². The van der Waals surface area contributed by atoms with Gasteiger partial charge < -0.3 is 9.47 Å². The zero-order valence-corrected chi connectivity index (χ0v) is 16.5. The van der Waals surface area contributed by atoms with Gasteiger partial charge in [-0.1, -0.05) is 0 Å². The number of methoxy groups -OCH3 is 1. The molecule has 2 aromatic heterocycles. The molecule has 0 radical (unpaired) electrons. The first-order chi connectivity index (χ1) is 13.0. The maximum absolute atomic E-state index is 13.2. The van der Waals surface area contributed by atoms with Crippen molar-refractivity contribution in [3.63, 3.8) is 0 Å². The van der Waals surface area contributed by atoms with E-state index in [4.69, 9.17) is 9.47 Å². The van der Waals surface area contributed by atoms with Crippen LogP contribution in [0, 0.1) is 5.41 Å². The maximum atomic E-state index is 13.2. The van der Waals surface area contributed by atoms with Crippen LogP contribution in [-0.4, -0.2) is 35.3 Å². The van der Waals surface area contributed by atoms with Crippen LogP contribution < -0.4 is 0 Å². The predicted octanol–water partition coefficient (Wildman–Crippen LogP) is 4.19. The van der Waals surface area contributed by atoms with Crippen LogP contribution in [-0.2, 0) is 19.7 Å². The van der Waals surface area contributed by atoms with E-state index in [1.807, 2.05) is 25.3 Å². The molecule has 0 amide bonds. The van der Waals surface area contributed by atoms with E-state index in [-0.39, 0.29) is 11.6 Å². The molecular weight excluding hydrogens is 340 g/mol. The van der Waals surface area contributed by atoms with Crippen LogP contribution in [0.4, 0.5) is 0 Å². The van der Waals surface area contributed by atoms with Gasteiger partial charge in [-0.25, -0.2) is 0 Å². The van der Waals surface area contributed by atoms with E-state index in [1.54, 1.807) is 19.5 Å². The number of nitrogens with zero attached hydrogens (tertiary/aromatic N) is 2. The average molecular weight is 368 g/mol. The number of fused-ring (bicyclic) bond motifs is 1. The number of carbonyl (C=O) groups excluding carboxylic acids is 1. The number of carbonyl (C=O) groups is 1. The number of esters is 1. The molecule has 1 spiro atoms. The Kier molecular flexibility index (Phi) is 4.46. The Balaban J connectivity index is 1.70. The van der Waals surface area contributed by atoms with Crippen LogP contribution in [0.1, 0.15) is 57.9 Å². The second kappa shape index (κ2) is 6.55. The van der Waals surface area contributed by atoms with Gasteiger partial charge in [0.15, 0.2) is 0 Å². The molecule has 2 aliphatic rings. The van der Waals surface area contributed by atoms with Crippen molar-refractivity contribution in [2.75, 3.05) is 13.7 Å². The van der Waals surface area contributed by atoms with E-state index in [1.165, 1.54) is 0 Å². The molecule has 27 heavy (non-hydrogen) atoms. The van der Waals surface area contributed by atoms with E-state index < -0.39 is 5.41 Å². The summed E-state index contributed by atoms with van der Waals surface area (Å²) in [5.41, 5.74) is 1.59. The lowest BCUT2D eigenvalue weighted by Crippen LogP contribution is -2.55. The molecule has 0 bridgehead atoms. The summed E-state index contributed by atoms with van der Waals surface area (Å²) in [5.74, 6) is -0.106. The minimum absolute atomic E-state index is 0.00277. The van der Waals surface area contributed by atoms with Gasteiger partial charge in [-0.05, 0) is 75.5 Å². The number of rotatable bonds is 4. The fraction of sp³-hybridized carbons (Fsp3) is 0.591. The second-order valence-electron chi connectivity index (χ2n) is 8.56. The first-order valence-electron chi connectivity index (χ1n) is 9.88. The number of ether oxygens (including phenoxy) is 2. The van der Waals surface area contributed by atoms with E-state index in [0.29, 0.717) is 12.0 Å². The smallest absolute Gasteiger partial charge is 0.316 e. The van der Waals surface area contributed by atoms with Crippen LogP contribution in [0.3, 0.4) is 0 Å². The summed E-state index contributed by atoms with van der Waals surface area (Å²) in [6.07, 6.45) is 11.2. The molecule has 144 valence electrons. The third kappa shape index (κ3) is 2.92. The molecule has 2 aliphatic carbocycles. The minimum atomic E-state index is -0.607. The van der Waals surface area contributed by atoms with Crippen molar-refractivity contribution in [3.8, 4) is 0 Å². The molecule has 2 saturated carbocycles. The highest BCUT2D eigenvalue weighted by Crippen LogP contribution is 2.61. The molecule has 2 heterocycles. The molecule has 0 N–H and O–H groups in total. The van der Waals surface area contributed by atoms with Crippen molar-refractivity contribution in [3.05, 3.63) is 36.3 Å². The molecule has 4 rings (SSSR count). The van der Waals surface area contributed by atoms with Gasteiger partial charge in [-0.2, -0.15) is 0 Å². The molecule has 2 aromatic rings. The Hall–Kier alpha value is -2.01. The van der Waals surface area contributed by atoms with Crippen molar-refractivity contribution < 1.29 is 14.3 Å². The molecular formula is C22H28N2O3. The van der Waals surface area contributed by atoms with Crippen LogP contribution in [0.5, 0.6) is 0 Å². The molecule has 0 unspecified atom stereocenters. The summed E-state index contributed by atoms with van der Waals surface area (Å²) in [6, 6.07) is 3.89.